The number of aromatic nitrogens is 1. The lowest BCUT2D eigenvalue weighted by Gasteiger charge is -2.23. The zero-order valence-corrected chi connectivity index (χ0v) is 16.8. The van der Waals surface area contributed by atoms with Crippen LogP contribution >= 0.6 is 11.3 Å². The van der Waals surface area contributed by atoms with Gasteiger partial charge in [0.15, 0.2) is 11.2 Å². The first-order chi connectivity index (χ1) is 14.4. The number of hydrogen-bond acceptors (Lipinski definition) is 7. The molecule has 0 bridgehead atoms. The Kier molecular flexibility index (Phi) is 5.28. The number of nitro groups is 1. The summed E-state index contributed by atoms with van der Waals surface area (Å²) in [5.41, 5.74) is 2.97. The number of carbonyl (C=O) groups is 2. The van der Waals surface area contributed by atoms with Gasteiger partial charge in [0.05, 0.1) is 16.2 Å². The fourth-order valence-electron chi connectivity index (χ4n) is 3.23. The summed E-state index contributed by atoms with van der Waals surface area (Å²) >= 11 is 1.33. The molecule has 1 atom stereocenters. The van der Waals surface area contributed by atoms with Gasteiger partial charge in [-0.3, -0.25) is 20.2 Å². The number of nitrogens with zero attached hydrogens (tertiary/aromatic N) is 2. The monoisotopic (exact) mass is 423 g/mol. The van der Waals surface area contributed by atoms with E-state index in [0.29, 0.717) is 23.5 Å². The first-order valence-corrected chi connectivity index (χ1v) is 10.0. The van der Waals surface area contributed by atoms with E-state index in [4.69, 9.17) is 4.74 Å². The van der Waals surface area contributed by atoms with Gasteiger partial charge in [0, 0.05) is 29.9 Å². The molecule has 8 nitrogen and oxygen atoms in total. The second-order valence-corrected chi connectivity index (χ2v) is 7.96. The minimum Gasteiger partial charge on any atom is -0.448 e. The summed E-state index contributed by atoms with van der Waals surface area (Å²) in [6.07, 6.45) is -0.0496. The summed E-state index contributed by atoms with van der Waals surface area (Å²) in [6.45, 7) is 1.84. The number of cyclic esters (lactones) is 1. The van der Waals surface area contributed by atoms with E-state index in [9.17, 15) is 19.7 Å². The van der Waals surface area contributed by atoms with Gasteiger partial charge in [-0.05, 0) is 24.1 Å². The zero-order valence-electron chi connectivity index (χ0n) is 16.0. The maximum atomic E-state index is 12.6. The Hall–Kier alpha value is -3.59. The van der Waals surface area contributed by atoms with E-state index in [-0.39, 0.29) is 5.69 Å². The number of nitrogens with one attached hydrogen (secondary N) is 1. The van der Waals surface area contributed by atoms with E-state index in [1.807, 2.05) is 19.1 Å². The first-order valence-electron chi connectivity index (χ1n) is 9.20. The van der Waals surface area contributed by atoms with E-state index in [1.165, 1.54) is 23.5 Å². The van der Waals surface area contributed by atoms with Crippen molar-refractivity contribution >= 4 is 34.0 Å². The van der Waals surface area contributed by atoms with Gasteiger partial charge in [0.25, 0.3) is 11.6 Å². The SMILES string of the molecule is Cc1nc(NC(=O)C2Cc3ccccc3C(=O)O2)sc1Cc1ccc([N+](=O)[O-])cc1. The highest BCUT2D eigenvalue weighted by Gasteiger charge is 2.31. The van der Waals surface area contributed by atoms with Crippen LogP contribution in [0.4, 0.5) is 10.8 Å². The molecule has 1 N–H and O–H groups in total. The molecule has 0 saturated heterocycles. The molecule has 1 aromatic heterocycles. The maximum absolute atomic E-state index is 12.6. The highest BCUT2D eigenvalue weighted by molar-refractivity contribution is 7.15. The Morgan fingerprint density at radius 1 is 1.27 bits per heavy atom. The number of carbonyl (C=O) groups excluding carboxylic acids is 2. The molecule has 1 amide bonds. The minimum atomic E-state index is -0.908. The second-order valence-electron chi connectivity index (χ2n) is 6.87. The molecule has 1 aliphatic heterocycles. The average molecular weight is 423 g/mol. The lowest BCUT2D eigenvalue weighted by atomic mass is 9.98. The molecule has 4 rings (SSSR count). The smallest absolute Gasteiger partial charge is 0.339 e. The first kappa shape index (κ1) is 19.7. The molecule has 0 saturated carbocycles. The summed E-state index contributed by atoms with van der Waals surface area (Å²) in [6, 6.07) is 13.4. The molecule has 30 heavy (non-hydrogen) atoms. The van der Waals surface area contributed by atoms with Crippen molar-refractivity contribution in [1.82, 2.24) is 4.98 Å². The predicted molar refractivity (Wildman–Crippen MR) is 111 cm³/mol. The maximum Gasteiger partial charge on any atom is 0.339 e. The molecule has 0 fully saturated rings. The minimum absolute atomic E-state index is 0.0383. The van der Waals surface area contributed by atoms with Gasteiger partial charge in [-0.2, -0.15) is 0 Å². The summed E-state index contributed by atoms with van der Waals surface area (Å²) in [5, 5.41) is 13.9. The van der Waals surface area contributed by atoms with E-state index in [0.717, 1.165) is 21.7 Å². The Morgan fingerprint density at radius 2 is 2.00 bits per heavy atom. The third-order valence-corrected chi connectivity index (χ3v) is 5.89. The molecule has 2 aromatic carbocycles. The number of ether oxygens (including phenoxy) is 1. The molecule has 0 radical (unpaired) electrons. The number of non-ortho nitro benzene ring substituents is 1. The lowest BCUT2D eigenvalue weighted by molar-refractivity contribution is -0.384. The molecule has 9 heteroatoms. The number of fused-ring (bicyclic) bond motifs is 1. The van der Waals surface area contributed by atoms with Crippen molar-refractivity contribution in [3.05, 3.63) is 85.9 Å². The van der Waals surface area contributed by atoms with E-state index >= 15 is 0 Å². The summed E-state index contributed by atoms with van der Waals surface area (Å²) in [5.74, 6) is -0.931. The fourth-order valence-corrected chi connectivity index (χ4v) is 4.23. The molecular formula is C21H17N3O5S. The molecule has 1 aliphatic rings. The van der Waals surface area contributed by atoms with Crippen molar-refractivity contribution in [2.45, 2.75) is 25.9 Å². The molecule has 1 unspecified atom stereocenters. The highest BCUT2D eigenvalue weighted by atomic mass is 32.1. The third-order valence-electron chi connectivity index (χ3n) is 4.82. The number of aryl methyl sites for hydroxylation is 1. The van der Waals surface area contributed by atoms with Crippen LogP contribution in [0, 0.1) is 17.0 Å². The van der Waals surface area contributed by atoms with Gasteiger partial charge in [-0.15, -0.1) is 11.3 Å². The Bertz CT molecular complexity index is 1140. The van der Waals surface area contributed by atoms with Gasteiger partial charge < -0.3 is 4.74 Å². The number of rotatable bonds is 5. The van der Waals surface area contributed by atoms with Crippen molar-refractivity contribution in [1.29, 1.82) is 0 Å². The number of benzene rings is 2. The average Bonchev–Trinajstić information content (AvgIpc) is 3.07. The van der Waals surface area contributed by atoms with Crippen LogP contribution in [0.1, 0.15) is 32.1 Å². The van der Waals surface area contributed by atoms with E-state index < -0.39 is 22.9 Å². The van der Waals surface area contributed by atoms with E-state index in [2.05, 4.69) is 10.3 Å². The number of thiazole rings is 1. The summed E-state index contributed by atoms with van der Waals surface area (Å²) in [7, 11) is 0. The fraction of sp³-hybridized carbons (Fsp3) is 0.190. The van der Waals surface area contributed by atoms with Gasteiger partial charge in [-0.1, -0.05) is 30.3 Å². The Labute approximate surface area is 175 Å². The standard InChI is InChI=1S/C21H17N3O5S/c1-12-18(10-13-6-8-15(9-7-13)24(27)28)30-21(22-12)23-19(25)17-11-14-4-2-3-5-16(14)20(26)29-17/h2-9,17H,10-11H2,1H3,(H,22,23,25). The normalized spacial score (nSPS) is 15.2. The van der Waals surface area contributed by atoms with Crippen LogP contribution in [-0.4, -0.2) is 27.9 Å². The molecule has 0 spiro atoms. The predicted octanol–water partition coefficient (Wildman–Crippen LogP) is 3.67. The Morgan fingerprint density at radius 3 is 2.73 bits per heavy atom. The zero-order chi connectivity index (χ0) is 21.3. The van der Waals surface area contributed by atoms with Crippen LogP contribution < -0.4 is 5.32 Å². The van der Waals surface area contributed by atoms with Crippen molar-refractivity contribution in [2.24, 2.45) is 0 Å². The molecule has 0 aliphatic carbocycles. The third kappa shape index (κ3) is 4.06. The number of hydrogen-bond donors (Lipinski definition) is 1. The van der Waals surface area contributed by atoms with Gasteiger partial charge >= 0.3 is 5.97 Å². The van der Waals surface area contributed by atoms with Crippen LogP contribution in [0.15, 0.2) is 48.5 Å². The highest BCUT2D eigenvalue weighted by Crippen LogP contribution is 2.27. The van der Waals surface area contributed by atoms with Crippen molar-refractivity contribution in [3.8, 4) is 0 Å². The van der Waals surface area contributed by atoms with Crippen LogP contribution in [0.5, 0.6) is 0 Å². The van der Waals surface area contributed by atoms with Gasteiger partial charge in [0.2, 0.25) is 0 Å². The number of amides is 1. The summed E-state index contributed by atoms with van der Waals surface area (Å²) < 4.78 is 5.28. The van der Waals surface area contributed by atoms with Crippen LogP contribution in [-0.2, 0) is 22.4 Å². The molecule has 2 heterocycles. The van der Waals surface area contributed by atoms with Crippen LogP contribution in [0.25, 0.3) is 0 Å². The molecular weight excluding hydrogens is 406 g/mol. The van der Waals surface area contributed by atoms with Crippen molar-refractivity contribution in [3.63, 3.8) is 0 Å². The van der Waals surface area contributed by atoms with Crippen LogP contribution in [0.3, 0.4) is 0 Å². The lowest BCUT2D eigenvalue weighted by Crippen LogP contribution is -2.37. The van der Waals surface area contributed by atoms with E-state index in [1.54, 1.807) is 24.3 Å². The van der Waals surface area contributed by atoms with Crippen molar-refractivity contribution in [2.75, 3.05) is 5.32 Å². The molecule has 3 aromatic rings. The second kappa shape index (κ2) is 8.03. The van der Waals surface area contributed by atoms with Crippen molar-refractivity contribution < 1.29 is 19.2 Å². The number of nitro benzene ring substituents is 1. The quantitative estimate of drug-likeness (QED) is 0.381. The summed E-state index contributed by atoms with van der Waals surface area (Å²) in [4.78, 5) is 40.4. The van der Waals surface area contributed by atoms with Gasteiger partial charge in [0.1, 0.15) is 0 Å². The van der Waals surface area contributed by atoms with Gasteiger partial charge in [-0.25, -0.2) is 9.78 Å². The number of esters is 1. The number of anilines is 1. The molecule has 152 valence electrons. The Balaban J connectivity index is 1.44. The topological polar surface area (TPSA) is 111 Å². The van der Waals surface area contributed by atoms with Crippen LogP contribution in [0.2, 0.25) is 0 Å². The largest absolute Gasteiger partial charge is 0.448 e.